The Morgan fingerprint density at radius 3 is 3.06 bits per heavy atom. The molecule has 1 heterocycles. The first-order valence-corrected chi connectivity index (χ1v) is 6.01. The van der Waals surface area contributed by atoms with Crippen molar-refractivity contribution in [3.05, 3.63) is 18.0 Å². The van der Waals surface area contributed by atoms with Gasteiger partial charge in [-0.15, -0.1) is 0 Å². The maximum absolute atomic E-state index is 11.5. The highest BCUT2D eigenvalue weighted by Crippen LogP contribution is 2.09. The molecule has 0 fully saturated rings. The lowest BCUT2D eigenvalue weighted by Crippen LogP contribution is -2.16. The third-order valence-electron chi connectivity index (χ3n) is 2.61. The number of ether oxygens (including phenoxy) is 1. The lowest BCUT2D eigenvalue weighted by atomic mass is 10.2. The average Bonchev–Trinajstić information content (AvgIpc) is 2.77. The topological polar surface area (TPSA) is 70.1 Å². The van der Waals surface area contributed by atoms with Gasteiger partial charge in [0.2, 0.25) is 0 Å². The van der Waals surface area contributed by atoms with E-state index in [1.807, 2.05) is 16.9 Å². The molecular weight excluding hydrogens is 218 g/mol. The second kappa shape index (κ2) is 7.19. The summed E-state index contributed by atoms with van der Waals surface area (Å²) in [6, 6.07) is 2.25. The Labute approximate surface area is 102 Å². The van der Waals surface area contributed by atoms with Gasteiger partial charge in [-0.3, -0.25) is 9.48 Å². The Bertz CT molecular complexity index is 349. The van der Waals surface area contributed by atoms with Crippen molar-refractivity contribution >= 4 is 5.78 Å². The Hall–Kier alpha value is -1.20. The number of aromatic nitrogens is 2. The number of rotatable bonds is 8. The van der Waals surface area contributed by atoms with Crippen LogP contribution in [0.4, 0.5) is 0 Å². The van der Waals surface area contributed by atoms with E-state index in [1.54, 1.807) is 0 Å². The maximum atomic E-state index is 11.5. The minimum absolute atomic E-state index is 0.0350. The van der Waals surface area contributed by atoms with E-state index in [-0.39, 0.29) is 12.4 Å². The largest absolute Gasteiger partial charge is 0.372 e. The Morgan fingerprint density at radius 1 is 1.65 bits per heavy atom. The van der Waals surface area contributed by atoms with E-state index in [1.165, 1.54) is 0 Å². The maximum Gasteiger partial charge on any atom is 0.164 e. The van der Waals surface area contributed by atoms with Crippen LogP contribution in [0.5, 0.6) is 0 Å². The molecule has 5 heteroatoms. The molecule has 5 nitrogen and oxygen atoms in total. The van der Waals surface area contributed by atoms with Crippen LogP contribution in [-0.4, -0.2) is 35.3 Å². The molecule has 0 aromatic carbocycles. The molecule has 0 amide bonds. The van der Waals surface area contributed by atoms with Gasteiger partial charge in [0.15, 0.2) is 5.78 Å². The van der Waals surface area contributed by atoms with E-state index in [4.69, 9.17) is 10.5 Å². The van der Waals surface area contributed by atoms with Gasteiger partial charge in [0.05, 0.1) is 18.7 Å². The lowest BCUT2D eigenvalue weighted by molar-refractivity contribution is -0.122. The molecule has 1 rings (SSSR count). The third-order valence-corrected chi connectivity index (χ3v) is 2.61. The van der Waals surface area contributed by atoms with Crippen LogP contribution < -0.4 is 5.73 Å². The highest BCUT2D eigenvalue weighted by Gasteiger charge is 2.08. The molecule has 0 saturated carbocycles. The summed E-state index contributed by atoms with van der Waals surface area (Å²) in [7, 11) is 0. The molecule has 0 aliphatic rings. The third kappa shape index (κ3) is 4.66. The fourth-order valence-electron chi connectivity index (χ4n) is 1.43. The highest BCUT2D eigenvalue weighted by atomic mass is 16.5. The van der Waals surface area contributed by atoms with Gasteiger partial charge < -0.3 is 10.5 Å². The lowest BCUT2D eigenvalue weighted by Gasteiger charge is -2.08. The number of hydrogen-bond donors (Lipinski definition) is 1. The molecule has 1 aromatic rings. The van der Waals surface area contributed by atoms with Gasteiger partial charge in [0.1, 0.15) is 6.61 Å². The summed E-state index contributed by atoms with van der Waals surface area (Å²) in [4.78, 5) is 11.5. The van der Waals surface area contributed by atoms with Crippen molar-refractivity contribution in [3.63, 3.8) is 0 Å². The van der Waals surface area contributed by atoms with E-state index in [9.17, 15) is 4.79 Å². The van der Waals surface area contributed by atoms with Crippen LogP contribution in [0.2, 0.25) is 0 Å². The predicted molar refractivity (Wildman–Crippen MR) is 65.8 cm³/mol. The minimum Gasteiger partial charge on any atom is -0.372 e. The van der Waals surface area contributed by atoms with Crippen molar-refractivity contribution in [1.82, 2.24) is 9.78 Å². The molecule has 2 N–H and O–H groups in total. The quantitative estimate of drug-likeness (QED) is 0.685. The number of nitrogens with two attached hydrogens (primary N) is 1. The molecule has 0 aliphatic carbocycles. The van der Waals surface area contributed by atoms with Crippen molar-refractivity contribution in [3.8, 4) is 0 Å². The van der Waals surface area contributed by atoms with Crippen LogP contribution >= 0.6 is 0 Å². The predicted octanol–water partition coefficient (Wildman–Crippen LogP) is 0.941. The van der Waals surface area contributed by atoms with Crippen molar-refractivity contribution in [2.75, 3.05) is 19.8 Å². The molecule has 0 radical (unpaired) electrons. The molecule has 96 valence electrons. The van der Waals surface area contributed by atoms with Gasteiger partial charge in [-0.2, -0.15) is 5.10 Å². The zero-order chi connectivity index (χ0) is 12.7. The average molecular weight is 239 g/mol. The summed E-state index contributed by atoms with van der Waals surface area (Å²) in [5, 5.41) is 4.36. The standard InChI is InChI=1S/C12H21N3O2/c1-3-10(2)15-6-4-11(14-15)8-12(16)9-17-7-5-13/h4,6,10H,3,5,7-9,13H2,1-2H3. The summed E-state index contributed by atoms with van der Waals surface area (Å²) in [5.41, 5.74) is 6.07. The zero-order valence-electron chi connectivity index (χ0n) is 10.6. The van der Waals surface area contributed by atoms with E-state index >= 15 is 0 Å². The molecule has 17 heavy (non-hydrogen) atoms. The van der Waals surface area contributed by atoms with Gasteiger partial charge in [-0.1, -0.05) is 6.92 Å². The summed E-state index contributed by atoms with van der Waals surface area (Å²) < 4.78 is 6.98. The first-order valence-electron chi connectivity index (χ1n) is 6.01. The second-order valence-corrected chi connectivity index (χ2v) is 4.10. The fourth-order valence-corrected chi connectivity index (χ4v) is 1.43. The second-order valence-electron chi connectivity index (χ2n) is 4.10. The first kappa shape index (κ1) is 13.9. The summed E-state index contributed by atoms with van der Waals surface area (Å²) in [6.07, 6.45) is 3.26. The van der Waals surface area contributed by atoms with Crippen molar-refractivity contribution < 1.29 is 9.53 Å². The van der Waals surface area contributed by atoms with Crippen molar-refractivity contribution in [1.29, 1.82) is 0 Å². The van der Waals surface area contributed by atoms with Crippen LogP contribution in [0, 0.1) is 0 Å². The number of carbonyl (C=O) groups excluding carboxylic acids is 1. The number of ketones is 1. The van der Waals surface area contributed by atoms with Crippen LogP contribution in [0.3, 0.4) is 0 Å². The smallest absolute Gasteiger partial charge is 0.164 e. The summed E-state index contributed by atoms with van der Waals surface area (Å²) >= 11 is 0. The number of nitrogens with zero attached hydrogens (tertiary/aromatic N) is 2. The summed E-state index contributed by atoms with van der Waals surface area (Å²) in [5.74, 6) is 0.0350. The molecule has 1 aromatic heterocycles. The van der Waals surface area contributed by atoms with E-state index in [2.05, 4.69) is 18.9 Å². The van der Waals surface area contributed by atoms with Gasteiger partial charge in [-0.05, 0) is 19.4 Å². The Balaban J connectivity index is 2.40. The molecule has 0 bridgehead atoms. The van der Waals surface area contributed by atoms with Crippen molar-refractivity contribution in [2.24, 2.45) is 5.73 Å². The van der Waals surface area contributed by atoms with Crippen molar-refractivity contribution in [2.45, 2.75) is 32.7 Å². The Morgan fingerprint density at radius 2 is 2.41 bits per heavy atom. The molecule has 1 atom stereocenters. The van der Waals surface area contributed by atoms with Crippen LogP contribution in [0.25, 0.3) is 0 Å². The van der Waals surface area contributed by atoms with E-state index in [0.29, 0.717) is 25.6 Å². The highest BCUT2D eigenvalue weighted by molar-refractivity contribution is 5.81. The van der Waals surface area contributed by atoms with Gasteiger partial charge >= 0.3 is 0 Å². The van der Waals surface area contributed by atoms with Gasteiger partial charge in [0.25, 0.3) is 0 Å². The number of hydrogen-bond acceptors (Lipinski definition) is 4. The van der Waals surface area contributed by atoms with E-state index < -0.39 is 0 Å². The first-order chi connectivity index (χ1) is 8.17. The molecule has 1 unspecified atom stereocenters. The Kier molecular flexibility index (Phi) is 5.86. The van der Waals surface area contributed by atoms with Crippen LogP contribution in [-0.2, 0) is 16.0 Å². The SMILES string of the molecule is CCC(C)n1ccc(CC(=O)COCCN)n1. The molecule has 0 spiro atoms. The van der Waals surface area contributed by atoms with Gasteiger partial charge in [0, 0.05) is 18.8 Å². The van der Waals surface area contributed by atoms with Crippen LogP contribution in [0.15, 0.2) is 12.3 Å². The summed E-state index contributed by atoms with van der Waals surface area (Å²) in [6.45, 7) is 5.19. The fraction of sp³-hybridized carbons (Fsp3) is 0.667. The number of carbonyl (C=O) groups is 1. The van der Waals surface area contributed by atoms with E-state index in [0.717, 1.165) is 12.1 Å². The number of Topliss-reactive ketones (excluding diaryl/α,β-unsaturated/α-hetero) is 1. The monoisotopic (exact) mass is 239 g/mol. The zero-order valence-corrected chi connectivity index (χ0v) is 10.6. The molecular formula is C12H21N3O2. The molecule has 0 aliphatic heterocycles. The minimum atomic E-state index is 0.0350. The normalized spacial score (nSPS) is 12.6. The van der Waals surface area contributed by atoms with Crippen LogP contribution in [0.1, 0.15) is 32.0 Å². The van der Waals surface area contributed by atoms with Gasteiger partial charge in [-0.25, -0.2) is 0 Å². The molecule has 0 saturated heterocycles.